The van der Waals surface area contributed by atoms with Gasteiger partial charge in [-0.05, 0) is 18.9 Å². The normalized spacial score (nSPS) is 13.3. The van der Waals surface area contributed by atoms with E-state index < -0.39 is 0 Å². The zero-order valence-corrected chi connectivity index (χ0v) is 10.2. The number of nitrogens with zero attached hydrogens (tertiary/aromatic N) is 3. The van der Waals surface area contributed by atoms with E-state index in [0.717, 1.165) is 16.9 Å². The van der Waals surface area contributed by atoms with Crippen LogP contribution in [0.2, 0.25) is 0 Å². The Morgan fingerprint density at radius 3 is 2.69 bits per heavy atom. The number of fused-ring (bicyclic) bond motifs is 1. The molecule has 0 amide bonds. The molecule has 0 aliphatic rings. The Balaban J connectivity index is 2.37. The lowest BCUT2D eigenvalue weighted by atomic mass is 10.1. The average Bonchev–Trinajstić information content (AvgIpc) is 2.62. The zero-order valence-electron chi connectivity index (χ0n) is 10.2. The van der Waals surface area contributed by atoms with Crippen LogP contribution in [0.25, 0.3) is 11.0 Å². The molecule has 0 bridgehead atoms. The summed E-state index contributed by atoms with van der Waals surface area (Å²) in [7, 11) is 1.99. The number of rotatable bonds is 3. The second-order valence-corrected chi connectivity index (χ2v) is 4.56. The highest BCUT2D eigenvalue weighted by molar-refractivity contribution is 5.85. The van der Waals surface area contributed by atoms with Crippen molar-refractivity contribution in [1.82, 2.24) is 14.5 Å². The highest BCUT2D eigenvalue weighted by Crippen LogP contribution is 2.20. The third-order valence-corrected chi connectivity index (χ3v) is 3.01. The number of imidazole rings is 1. The van der Waals surface area contributed by atoms with Gasteiger partial charge in [-0.1, -0.05) is 13.8 Å². The molecule has 0 radical (unpaired) electrons. The molecule has 4 heteroatoms. The number of aromatic nitrogens is 3. The SMILES string of the molecule is CC(C)C(C)Nc1nccc2c1ncn2C. The van der Waals surface area contributed by atoms with Crippen LogP contribution < -0.4 is 5.32 Å². The first-order valence-corrected chi connectivity index (χ1v) is 5.62. The molecule has 2 heterocycles. The van der Waals surface area contributed by atoms with Crippen LogP contribution in [0.3, 0.4) is 0 Å². The summed E-state index contributed by atoms with van der Waals surface area (Å²) in [4.78, 5) is 8.72. The molecule has 2 rings (SSSR count). The Bertz CT molecular complexity index is 487. The molecule has 16 heavy (non-hydrogen) atoms. The Kier molecular flexibility index (Phi) is 2.81. The molecule has 0 saturated carbocycles. The molecule has 0 spiro atoms. The molecule has 2 aromatic heterocycles. The van der Waals surface area contributed by atoms with Crippen molar-refractivity contribution < 1.29 is 0 Å². The van der Waals surface area contributed by atoms with Crippen LogP contribution in [0, 0.1) is 5.92 Å². The third-order valence-electron chi connectivity index (χ3n) is 3.01. The summed E-state index contributed by atoms with van der Waals surface area (Å²) in [5.41, 5.74) is 2.05. The summed E-state index contributed by atoms with van der Waals surface area (Å²) < 4.78 is 2.00. The molecule has 1 atom stereocenters. The van der Waals surface area contributed by atoms with E-state index in [9.17, 15) is 0 Å². The second-order valence-electron chi connectivity index (χ2n) is 4.56. The molecule has 1 N–H and O–H groups in total. The summed E-state index contributed by atoms with van der Waals surface area (Å²) in [6.45, 7) is 6.54. The summed E-state index contributed by atoms with van der Waals surface area (Å²) in [6, 6.07) is 2.37. The lowest BCUT2D eigenvalue weighted by Gasteiger charge is -2.18. The maximum absolute atomic E-state index is 4.37. The largest absolute Gasteiger partial charge is 0.366 e. The molecule has 0 fully saturated rings. The smallest absolute Gasteiger partial charge is 0.154 e. The van der Waals surface area contributed by atoms with Crippen molar-refractivity contribution >= 4 is 16.9 Å². The number of pyridine rings is 1. The van der Waals surface area contributed by atoms with Gasteiger partial charge in [0, 0.05) is 19.3 Å². The van der Waals surface area contributed by atoms with Gasteiger partial charge in [-0.3, -0.25) is 0 Å². The fourth-order valence-electron chi connectivity index (χ4n) is 1.55. The van der Waals surface area contributed by atoms with Crippen LogP contribution in [0.15, 0.2) is 18.6 Å². The maximum atomic E-state index is 4.37. The summed E-state index contributed by atoms with van der Waals surface area (Å²) in [5.74, 6) is 1.44. The Morgan fingerprint density at radius 2 is 2.00 bits per heavy atom. The number of anilines is 1. The number of nitrogens with one attached hydrogen (secondary N) is 1. The number of hydrogen-bond donors (Lipinski definition) is 1. The predicted molar refractivity (Wildman–Crippen MR) is 66.4 cm³/mol. The average molecular weight is 218 g/mol. The summed E-state index contributed by atoms with van der Waals surface area (Å²) in [5, 5.41) is 3.41. The quantitative estimate of drug-likeness (QED) is 0.860. The van der Waals surface area contributed by atoms with Crippen LogP contribution in [0.5, 0.6) is 0 Å². The first-order chi connectivity index (χ1) is 7.59. The highest BCUT2D eigenvalue weighted by atomic mass is 15.1. The zero-order chi connectivity index (χ0) is 11.7. The summed E-state index contributed by atoms with van der Waals surface area (Å²) >= 11 is 0. The minimum absolute atomic E-state index is 0.389. The van der Waals surface area contributed by atoms with Crippen LogP contribution >= 0.6 is 0 Å². The lowest BCUT2D eigenvalue weighted by molar-refractivity contribution is 0.559. The van der Waals surface area contributed by atoms with E-state index in [-0.39, 0.29) is 0 Å². The standard InChI is InChI=1S/C12H18N4/c1-8(2)9(3)15-12-11-10(5-6-13-12)16(4)7-14-11/h5-9H,1-4H3,(H,13,15). The van der Waals surface area contributed by atoms with Gasteiger partial charge in [0.25, 0.3) is 0 Å². The second kappa shape index (κ2) is 4.12. The summed E-state index contributed by atoms with van der Waals surface area (Å²) in [6.07, 6.45) is 3.64. The third kappa shape index (κ3) is 1.87. The van der Waals surface area contributed by atoms with E-state index in [1.54, 1.807) is 0 Å². The molecule has 1 unspecified atom stereocenters. The van der Waals surface area contributed by atoms with Gasteiger partial charge in [0.2, 0.25) is 0 Å². The minimum Gasteiger partial charge on any atom is -0.366 e. The first-order valence-electron chi connectivity index (χ1n) is 5.62. The van der Waals surface area contributed by atoms with Gasteiger partial charge in [-0.2, -0.15) is 0 Å². The lowest BCUT2D eigenvalue weighted by Crippen LogP contribution is -2.22. The van der Waals surface area contributed by atoms with Crippen molar-refractivity contribution in [2.24, 2.45) is 13.0 Å². The van der Waals surface area contributed by atoms with E-state index in [1.165, 1.54) is 0 Å². The molecule has 0 saturated heterocycles. The van der Waals surface area contributed by atoms with Gasteiger partial charge in [0.1, 0.15) is 5.52 Å². The van der Waals surface area contributed by atoms with E-state index in [2.05, 4.69) is 36.1 Å². The van der Waals surface area contributed by atoms with Crippen LogP contribution in [0.4, 0.5) is 5.82 Å². The molecular formula is C12H18N4. The van der Waals surface area contributed by atoms with E-state index in [4.69, 9.17) is 0 Å². The Hall–Kier alpha value is -1.58. The fraction of sp³-hybridized carbons (Fsp3) is 0.500. The van der Waals surface area contributed by atoms with Gasteiger partial charge in [-0.15, -0.1) is 0 Å². The maximum Gasteiger partial charge on any atom is 0.154 e. The van der Waals surface area contributed by atoms with Crippen molar-refractivity contribution in [1.29, 1.82) is 0 Å². The molecule has 0 aromatic carbocycles. The van der Waals surface area contributed by atoms with Gasteiger partial charge >= 0.3 is 0 Å². The topological polar surface area (TPSA) is 42.7 Å². The van der Waals surface area contributed by atoms with Gasteiger partial charge in [0.05, 0.1) is 11.8 Å². The molecule has 2 aromatic rings. The fourth-order valence-corrected chi connectivity index (χ4v) is 1.55. The van der Waals surface area contributed by atoms with Gasteiger partial charge < -0.3 is 9.88 Å². The molecule has 0 aliphatic carbocycles. The van der Waals surface area contributed by atoms with Crippen LogP contribution in [-0.4, -0.2) is 20.6 Å². The van der Waals surface area contributed by atoms with Crippen molar-refractivity contribution in [2.45, 2.75) is 26.8 Å². The van der Waals surface area contributed by atoms with E-state index in [1.807, 2.05) is 30.2 Å². The number of aryl methyl sites for hydroxylation is 1. The Morgan fingerprint density at radius 1 is 1.25 bits per heavy atom. The highest BCUT2D eigenvalue weighted by Gasteiger charge is 2.11. The number of hydrogen-bond acceptors (Lipinski definition) is 3. The van der Waals surface area contributed by atoms with Crippen molar-refractivity contribution in [2.75, 3.05) is 5.32 Å². The van der Waals surface area contributed by atoms with Crippen LogP contribution in [0.1, 0.15) is 20.8 Å². The minimum atomic E-state index is 0.389. The van der Waals surface area contributed by atoms with E-state index in [0.29, 0.717) is 12.0 Å². The molecular weight excluding hydrogens is 200 g/mol. The van der Waals surface area contributed by atoms with Gasteiger partial charge in [-0.25, -0.2) is 9.97 Å². The van der Waals surface area contributed by atoms with Crippen molar-refractivity contribution in [3.63, 3.8) is 0 Å². The van der Waals surface area contributed by atoms with Crippen LogP contribution in [-0.2, 0) is 7.05 Å². The van der Waals surface area contributed by atoms with Crippen molar-refractivity contribution in [3.8, 4) is 0 Å². The molecule has 0 aliphatic heterocycles. The predicted octanol–water partition coefficient (Wildman–Crippen LogP) is 2.42. The Labute approximate surface area is 95.7 Å². The van der Waals surface area contributed by atoms with E-state index >= 15 is 0 Å². The first kappa shape index (κ1) is 10.9. The molecule has 86 valence electrons. The molecule has 4 nitrogen and oxygen atoms in total. The van der Waals surface area contributed by atoms with Crippen molar-refractivity contribution in [3.05, 3.63) is 18.6 Å². The monoisotopic (exact) mass is 218 g/mol. The van der Waals surface area contributed by atoms with Gasteiger partial charge in [0.15, 0.2) is 5.82 Å².